The number of imidazole rings is 1. The van der Waals surface area contributed by atoms with Gasteiger partial charge in [-0.15, -0.1) is 0 Å². The van der Waals surface area contributed by atoms with E-state index in [-0.39, 0.29) is 17.5 Å². The molecule has 1 fully saturated rings. The molecule has 1 saturated carbocycles. The molecule has 1 aliphatic rings. The van der Waals surface area contributed by atoms with E-state index in [1.807, 2.05) is 0 Å². The molecular formula is C9H15N3O3S. The summed E-state index contributed by atoms with van der Waals surface area (Å²) in [5, 5.41) is 9.74. The second kappa shape index (κ2) is 4.15. The Kier molecular flexibility index (Phi) is 3.00. The van der Waals surface area contributed by atoms with Crippen LogP contribution in [0.1, 0.15) is 12.8 Å². The summed E-state index contributed by atoms with van der Waals surface area (Å²) < 4.78 is 25.0. The van der Waals surface area contributed by atoms with Gasteiger partial charge in [0.2, 0.25) is 0 Å². The SMILES string of the molecule is CN(CC(O)C1CC1)S(=O)(=O)c1cnc[nH]1. The van der Waals surface area contributed by atoms with E-state index >= 15 is 0 Å². The first-order valence-corrected chi connectivity index (χ1v) is 6.58. The van der Waals surface area contributed by atoms with Gasteiger partial charge in [-0.3, -0.25) is 0 Å². The van der Waals surface area contributed by atoms with E-state index in [0.29, 0.717) is 0 Å². The minimum absolute atomic E-state index is 0.0537. The third kappa shape index (κ3) is 2.26. The van der Waals surface area contributed by atoms with Crippen molar-refractivity contribution in [2.75, 3.05) is 13.6 Å². The number of aliphatic hydroxyl groups is 1. The molecule has 2 N–H and O–H groups in total. The number of nitrogens with one attached hydrogen (secondary N) is 1. The third-order valence-electron chi connectivity index (χ3n) is 2.77. The molecular weight excluding hydrogens is 230 g/mol. The molecule has 2 rings (SSSR count). The van der Waals surface area contributed by atoms with Crippen LogP contribution >= 0.6 is 0 Å². The number of aromatic nitrogens is 2. The quantitative estimate of drug-likeness (QED) is 0.752. The molecule has 1 heterocycles. The Hall–Kier alpha value is -0.920. The number of aliphatic hydroxyl groups excluding tert-OH is 1. The summed E-state index contributed by atoms with van der Waals surface area (Å²) in [5.74, 6) is 0.263. The molecule has 0 aromatic carbocycles. The van der Waals surface area contributed by atoms with Crippen LogP contribution in [-0.2, 0) is 10.0 Å². The van der Waals surface area contributed by atoms with Crippen LogP contribution in [0.15, 0.2) is 17.6 Å². The number of nitrogens with zero attached hydrogens (tertiary/aromatic N) is 2. The molecule has 0 aliphatic heterocycles. The summed E-state index contributed by atoms with van der Waals surface area (Å²) in [6.45, 7) is 0.131. The first-order valence-electron chi connectivity index (χ1n) is 5.14. The lowest BCUT2D eigenvalue weighted by atomic mass is 10.2. The molecule has 90 valence electrons. The second-order valence-electron chi connectivity index (χ2n) is 4.11. The van der Waals surface area contributed by atoms with Gasteiger partial charge in [-0.05, 0) is 18.8 Å². The van der Waals surface area contributed by atoms with Crippen LogP contribution in [-0.4, -0.2) is 47.5 Å². The molecule has 0 amide bonds. The number of H-pyrrole nitrogens is 1. The van der Waals surface area contributed by atoms with Crippen LogP contribution in [0.3, 0.4) is 0 Å². The Balaban J connectivity index is 2.05. The summed E-state index contributed by atoms with van der Waals surface area (Å²) in [5.41, 5.74) is 0. The summed E-state index contributed by atoms with van der Waals surface area (Å²) >= 11 is 0. The van der Waals surface area contributed by atoms with Crippen molar-refractivity contribution in [3.63, 3.8) is 0 Å². The molecule has 1 unspecified atom stereocenters. The summed E-state index contributed by atoms with van der Waals surface area (Å²) in [4.78, 5) is 6.23. The Morgan fingerprint density at radius 2 is 2.38 bits per heavy atom. The maximum atomic E-state index is 11.9. The fourth-order valence-electron chi connectivity index (χ4n) is 1.54. The number of hydrogen-bond acceptors (Lipinski definition) is 4. The van der Waals surface area contributed by atoms with E-state index in [1.165, 1.54) is 19.6 Å². The van der Waals surface area contributed by atoms with E-state index < -0.39 is 16.1 Å². The average Bonchev–Trinajstić information content (AvgIpc) is 2.93. The zero-order valence-corrected chi connectivity index (χ0v) is 9.81. The number of sulfonamides is 1. The number of hydrogen-bond donors (Lipinski definition) is 2. The zero-order chi connectivity index (χ0) is 11.8. The number of aromatic amines is 1. The van der Waals surface area contributed by atoms with Crippen molar-refractivity contribution in [1.29, 1.82) is 0 Å². The topological polar surface area (TPSA) is 86.3 Å². The summed E-state index contributed by atoms with van der Waals surface area (Å²) in [7, 11) is -2.08. The Bertz CT molecular complexity index is 439. The highest BCUT2D eigenvalue weighted by atomic mass is 32.2. The van der Waals surface area contributed by atoms with Gasteiger partial charge in [-0.25, -0.2) is 13.4 Å². The fourth-order valence-corrected chi connectivity index (χ4v) is 2.62. The number of likely N-dealkylation sites (N-methyl/N-ethyl adjacent to an activating group) is 1. The van der Waals surface area contributed by atoms with Crippen LogP contribution in [0.5, 0.6) is 0 Å². The first kappa shape index (κ1) is 11.6. The highest BCUT2D eigenvalue weighted by Crippen LogP contribution is 2.33. The van der Waals surface area contributed by atoms with Crippen LogP contribution in [0.4, 0.5) is 0 Å². The minimum Gasteiger partial charge on any atom is -0.391 e. The van der Waals surface area contributed by atoms with Gasteiger partial charge in [0, 0.05) is 13.6 Å². The first-order chi connectivity index (χ1) is 7.51. The largest absolute Gasteiger partial charge is 0.391 e. The summed E-state index contributed by atoms with van der Waals surface area (Å²) in [6.07, 6.45) is 3.98. The number of rotatable bonds is 5. The van der Waals surface area contributed by atoms with Gasteiger partial charge in [0.05, 0.1) is 18.6 Å². The van der Waals surface area contributed by atoms with Crippen molar-refractivity contribution in [1.82, 2.24) is 14.3 Å². The van der Waals surface area contributed by atoms with E-state index in [4.69, 9.17) is 0 Å². The lowest BCUT2D eigenvalue weighted by Gasteiger charge is -2.19. The molecule has 1 aromatic rings. The van der Waals surface area contributed by atoms with Crippen LogP contribution in [0.25, 0.3) is 0 Å². The van der Waals surface area contributed by atoms with Gasteiger partial charge < -0.3 is 10.1 Å². The molecule has 0 bridgehead atoms. The normalized spacial score (nSPS) is 18.9. The molecule has 7 heteroatoms. The summed E-state index contributed by atoms with van der Waals surface area (Å²) in [6, 6.07) is 0. The molecule has 16 heavy (non-hydrogen) atoms. The maximum Gasteiger partial charge on any atom is 0.259 e. The van der Waals surface area contributed by atoms with Crippen molar-refractivity contribution in [2.45, 2.75) is 24.0 Å². The third-order valence-corrected chi connectivity index (χ3v) is 4.52. The van der Waals surface area contributed by atoms with Gasteiger partial charge in [0.25, 0.3) is 10.0 Å². The molecule has 0 spiro atoms. The van der Waals surface area contributed by atoms with Gasteiger partial charge in [0.1, 0.15) is 0 Å². The van der Waals surface area contributed by atoms with Crippen LogP contribution in [0, 0.1) is 5.92 Å². The van der Waals surface area contributed by atoms with E-state index in [9.17, 15) is 13.5 Å². The van der Waals surface area contributed by atoms with Crippen molar-refractivity contribution >= 4 is 10.0 Å². The van der Waals surface area contributed by atoms with Gasteiger partial charge in [0.15, 0.2) is 5.03 Å². The molecule has 1 aliphatic carbocycles. The molecule has 6 nitrogen and oxygen atoms in total. The molecule has 0 radical (unpaired) electrons. The standard InChI is InChI=1S/C9H15N3O3S/c1-12(5-8(13)7-2-3-7)16(14,15)9-4-10-6-11-9/h4,6-8,13H,2-3,5H2,1H3,(H,10,11). The molecule has 1 atom stereocenters. The average molecular weight is 245 g/mol. The Morgan fingerprint density at radius 1 is 1.69 bits per heavy atom. The second-order valence-corrected chi connectivity index (χ2v) is 6.12. The monoisotopic (exact) mass is 245 g/mol. The van der Waals surface area contributed by atoms with Gasteiger partial charge in [-0.2, -0.15) is 4.31 Å². The van der Waals surface area contributed by atoms with Crippen molar-refractivity contribution in [2.24, 2.45) is 5.92 Å². The Morgan fingerprint density at radius 3 is 2.88 bits per heavy atom. The van der Waals surface area contributed by atoms with Gasteiger partial charge in [-0.1, -0.05) is 0 Å². The van der Waals surface area contributed by atoms with Crippen molar-refractivity contribution in [3.05, 3.63) is 12.5 Å². The highest BCUT2D eigenvalue weighted by molar-refractivity contribution is 7.89. The van der Waals surface area contributed by atoms with Crippen molar-refractivity contribution in [3.8, 4) is 0 Å². The van der Waals surface area contributed by atoms with E-state index in [2.05, 4.69) is 9.97 Å². The lowest BCUT2D eigenvalue weighted by molar-refractivity contribution is 0.131. The van der Waals surface area contributed by atoms with Crippen molar-refractivity contribution < 1.29 is 13.5 Å². The van der Waals surface area contributed by atoms with Gasteiger partial charge >= 0.3 is 0 Å². The fraction of sp³-hybridized carbons (Fsp3) is 0.667. The van der Waals surface area contributed by atoms with E-state index in [0.717, 1.165) is 17.1 Å². The predicted molar refractivity (Wildman–Crippen MR) is 57.1 cm³/mol. The zero-order valence-electron chi connectivity index (χ0n) is 9.00. The maximum absolute atomic E-state index is 11.9. The van der Waals surface area contributed by atoms with Crippen LogP contribution in [0.2, 0.25) is 0 Å². The smallest absolute Gasteiger partial charge is 0.259 e. The highest BCUT2D eigenvalue weighted by Gasteiger charge is 2.33. The van der Waals surface area contributed by atoms with Crippen LogP contribution < -0.4 is 0 Å². The Labute approximate surface area is 94.4 Å². The van der Waals surface area contributed by atoms with E-state index in [1.54, 1.807) is 0 Å². The predicted octanol–water partition coefficient (Wildman–Crippen LogP) is -0.199. The lowest BCUT2D eigenvalue weighted by Crippen LogP contribution is -2.35. The molecule has 1 aromatic heterocycles. The minimum atomic E-state index is -3.54. The molecule has 0 saturated heterocycles.